The van der Waals surface area contributed by atoms with Crippen molar-refractivity contribution in [2.75, 3.05) is 40.9 Å². The van der Waals surface area contributed by atoms with Crippen molar-refractivity contribution in [3.8, 4) is 0 Å². The summed E-state index contributed by atoms with van der Waals surface area (Å²) in [5.41, 5.74) is -3.10. The van der Waals surface area contributed by atoms with Gasteiger partial charge in [-0.2, -0.15) is 0 Å². The number of Topliss-reactive ketones (excluding diaryl/α,β-unsaturated/α-hetero) is 2. The number of carbonyl (C=O) groups is 4. The molecule has 2 aromatic carbocycles. The van der Waals surface area contributed by atoms with Gasteiger partial charge in [-0.05, 0) is 12.1 Å². The van der Waals surface area contributed by atoms with E-state index in [-0.39, 0.29) is 28.9 Å². The highest BCUT2D eigenvalue weighted by Gasteiger charge is 2.64. The minimum Gasteiger partial charge on any atom is -0.451 e. The molecule has 1 spiro atoms. The fraction of sp³-hybridized carbons (Fsp3) is 0.333. The normalized spacial score (nSPS) is 20.6. The number of hydrogen-bond donors (Lipinski definition) is 1. The molecule has 1 unspecified atom stereocenters. The van der Waals surface area contributed by atoms with Crippen LogP contribution in [0, 0.1) is 0 Å². The average Bonchev–Trinajstić information content (AvgIpc) is 3.02. The topological polar surface area (TPSA) is 142 Å². The molecule has 2 atom stereocenters. The van der Waals surface area contributed by atoms with Crippen molar-refractivity contribution in [3.05, 3.63) is 70.8 Å². The first-order valence-electron chi connectivity index (χ1n) is 11.0. The molecule has 1 aliphatic carbocycles. The first-order valence-corrected chi connectivity index (χ1v) is 12.5. The molecule has 1 aliphatic heterocycles. The van der Waals surface area contributed by atoms with E-state index in [1.165, 1.54) is 48.5 Å². The maximum atomic E-state index is 13.5. The second-order valence-electron chi connectivity index (χ2n) is 9.38. The summed E-state index contributed by atoms with van der Waals surface area (Å²) in [6.45, 7) is -0.708. The third-order valence-electron chi connectivity index (χ3n) is 5.82. The van der Waals surface area contributed by atoms with E-state index in [0.717, 1.165) is 0 Å². The summed E-state index contributed by atoms with van der Waals surface area (Å²) in [5, 5.41) is 0. The van der Waals surface area contributed by atoms with Crippen molar-refractivity contribution in [2.45, 2.75) is 11.7 Å². The fourth-order valence-corrected chi connectivity index (χ4v) is 4.64. The molecule has 12 heteroatoms. The van der Waals surface area contributed by atoms with Gasteiger partial charge in [0.15, 0.2) is 6.10 Å². The Bertz CT molecular complexity index is 1260. The van der Waals surface area contributed by atoms with Gasteiger partial charge in [0.25, 0.3) is 5.60 Å². The molecule has 0 amide bonds. The molecule has 0 saturated heterocycles. The summed E-state index contributed by atoms with van der Waals surface area (Å²) in [6.07, 6.45) is -1.88. The highest BCUT2D eigenvalue weighted by Crippen LogP contribution is 2.46. The van der Waals surface area contributed by atoms with Gasteiger partial charge in [0.1, 0.15) is 19.8 Å². The van der Waals surface area contributed by atoms with Crippen molar-refractivity contribution in [1.29, 1.82) is 0 Å². The number of likely N-dealkylation sites (N-methyl/N-ethyl adjacent to an activating group) is 1. The van der Waals surface area contributed by atoms with E-state index in [9.17, 15) is 28.6 Å². The van der Waals surface area contributed by atoms with E-state index in [1.54, 1.807) is 0 Å². The lowest BCUT2D eigenvalue weighted by Gasteiger charge is -2.35. The molecule has 0 saturated carbocycles. The lowest BCUT2D eigenvalue weighted by molar-refractivity contribution is -0.870. The van der Waals surface area contributed by atoms with Gasteiger partial charge in [-0.3, -0.25) is 18.6 Å². The van der Waals surface area contributed by atoms with Crippen molar-refractivity contribution in [2.24, 2.45) is 0 Å². The first-order chi connectivity index (χ1) is 16.9. The fourth-order valence-electron chi connectivity index (χ4n) is 3.93. The van der Waals surface area contributed by atoms with Gasteiger partial charge in [-0.15, -0.1) is 0 Å². The molecule has 2 aromatic rings. The molecule has 190 valence electrons. The van der Waals surface area contributed by atoms with Gasteiger partial charge in [-0.25, -0.2) is 14.2 Å². The van der Waals surface area contributed by atoms with Crippen LogP contribution in [0.4, 0.5) is 0 Å². The van der Waals surface area contributed by atoms with Crippen molar-refractivity contribution >= 4 is 31.3 Å². The van der Waals surface area contributed by atoms with Crippen molar-refractivity contribution in [1.82, 2.24) is 0 Å². The standard InChI is InChI=1S/C24H24NO10P/c1-25(2,3)12-13-32-36(30,31)33-14-19-24(20(26)15-8-4-5-9-16(15)21(24)27)35-23(29)18-11-7-6-10-17(18)22(28)34-19/h4-11,19H,12-14H2,1-3H3/p+1/t19-/m0/s1. The second-order valence-corrected chi connectivity index (χ2v) is 10.8. The summed E-state index contributed by atoms with van der Waals surface area (Å²) in [5.74, 6) is -4.01. The highest BCUT2D eigenvalue weighted by atomic mass is 31.2. The van der Waals surface area contributed by atoms with Crippen molar-refractivity contribution in [3.63, 3.8) is 0 Å². The Balaban J connectivity index is 1.71. The van der Waals surface area contributed by atoms with E-state index in [2.05, 4.69) is 0 Å². The zero-order chi connectivity index (χ0) is 26.3. The molecular formula is C24H25NO10P+. The summed E-state index contributed by atoms with van der Waals surface area (Å²) in [7, 11) is 0.852. The van der Waals surface area contributed by atoms with Crippen LogP contribution < -0.4 is 0 Å². The van der Waals surface area contributed by atoms with Crippen LogP contribution in [0.5, 0.6) is 0 Å². The van der Waals surface area contributed by atoms with E-state index >= 15 is 0 Å². The third-order valence-corrected chi connectivity index (χ3v) is 6.80. The molecule has 4 rings (SSSR count). The molecule has 1 heterocycles. The largest absolute Gasteiger partial charge is 0.472 e. The summed E-state index contributed by atoms with van der Waals surface area (Å²) in [4.78, 5) is 63.3. The Morgan fingerprint density at radius 1 is 0.861 bits per heavy atom. The SMILES string of the molecule is C[N+](C)(C)CCOP(=O)(O)OC[C@@H]1OC(=O)c2ccccc2C(=O)OC12C(=O)c1ccccc1C2=O. The molecule has 1 N–H and O–H groups in total. The molecule has 0 radical (unpaired) electrons. The lowest BCUT2D eigenvalue weighted by atomic mass is 9.89. The number of ketones is 2. The number of cyclic esters (lactones) is 1. The third kappa shape index (κ3) is 4.76. The quantitative estimate of drug-likeness (QED) is 0.250. The van der Waals surface area contributed by atoms with Gasteiger partial charge < -0.3 is 18.9 Å². The molecule has 0 bridgehead atoms. The zero-order valence-electron chi connectivity index (χ0n) is 19.8. The van der Waals surface area contributed by atoms with Gasteiger partial charge >= 0.3 is 19.8 Å². The van der Waals surface area contributed by atoms with E-state index in [0.29, 0.717) is 11.0 Å². The number of quaternary nitrogens is 1. The van der Waals surface area contributed by atoms with Crippen molar-refractivity contribution < 1.29 is 51.6 Å². The Morgan fingerprint density at radius 2 is 1.36 bits per heavy atom. The molecule has 2 aliphatic rings. The van der Waals surface area contributed by atoms with Crippen LogP contribution >= 0.6 is 7.82 Å². The van der Waals surface area contributed by atoms with Crippen LogP contribution in [0.1, 0.15) is 41.4 Å². The predicted molar refractivity (Wildman–Crippen MR) is 124 cm³/mol. The summed E-state index contributed by atoms with van der Waals surface area (Å²) in [6, 6.07) is 11.3. The summed E-state index contributed by atoms with van der Waals surface area (Å²) >= 11 is 0. The number of carbonyl (C=O) groups excluding carboxylic acids is 4. The Morgan fingerprint density at radius 3 is 1.89 bits per heavy atom. The van der Waals surface area contributed by atoms with Gasteiger partial charge in [-0.1, -0.05) is 36.4 Å². The number of esters is 2. The summed E-state index contributed by atoms with van der Waals surface area (Å²) < 4.78 is 33.9. The number of fused-ring (bicyclic) bond motifs is 2. The number of ether oxygens (including phenoxy) is 2. The Hall–Kier alpha value is -3.21. The maximum absolute atomic E-state index is 13.5. The van der Waals surface area contributed by atoms with E-state index in [4.69, 9.17) is 18.5 Å². The van der Waals surface area contributed by atoms with Crippen LogP contribution in [0.15, 0.2) is 48.5 Å². The zero-order valence-corrected chi connectivity index (χ0v) is 20.7. The molecule has 0 fully saturated rings. The number of hydrogen-bond acceptors (Lipinski definition) is 9. The monoisotopic (exact) mass is 518 g/mol. The first kappa shape index (κ1) is 25.9. The van der Waals surface area contributed by atoms with E-state index < -0.39 is 49.6 Å². The number of benzene rings is 2. The number of rotatable bonds is 7. The maximum Gasteiger partial charge on any atom is 0.472 e. The van der Waals surface area contributed by atoms with Crippen LogP contribution in [-0.4, -0.2) is 85.5 Å². The van der Waals surface area contributed by atoms with Crippen LogP contribution in [-0.2, 0) is 23.1 Å². The average molecular weight is 518 g/mol. The molecule has 11 nitrogen and oxygen atoms in total. The minimum atomic E-state index is -4.71. The minimum absolute atomic E-state index is 0.0448. The van der Waals surface area contributed by atoms with Gasteiger partial charge in [0.05, 0.1) is 32.3 Å². The van der Waals surface area contributed by atoms with Crippen LogP contribution in [0.3, 0.4) is 0 Å². The molecule has 36 heavy (non-hydrogen) atoms. The second kappa shape index (κ2) is 9.34. The number of phosphoric acid groups is 1. The number of nitrogens with zero attached hydrogens (tertiary/aromatic N) is 1. The van der Waals surface area contributed by atoms with Gasteiger partial charge in [0.2, 0.25) is 11.6 Å². The smallest absolute Gasteiger partial charge is 0.451 e. The van der Waals surface area contributed by atoms with Gasteiger partial charge in [0, 0.05) is 11.1 Å². The number of phosphoric ester groups is 1. The Kier molecular flexibility index (Phi) is 6.72. The highest BCUT2D eigenvalue weighted by molar-refractivity contribution is 7.47. The molecular weight excluding hydrogens is 493 g/mol. The molecule has 0 aromatic heterocycles. The van der Waals surface area contributed by atoms with E-state index in [1.807, 2.05) is 21.1 Å². The van der Waals surface area contributed by atoms with Crippen LogP contribution in [0.25, 0.3) is 0 Å². The Labute approximate surface area is 206 Å². The lowest BCUT2D eigenvalue weighted by Crippen LogP contribution is -2.59. The predicted octanol–water partition coefficient (Wildman–Crippen LogP) is 2.04. The van der Waals surface area contributed by atoms with Crippen LogP contribution in [0.2, 0.25) is 0 Å².